The second-order valence-corrected chi connectivity index (χ2v) is 4.90. The van der Waals surface area contributed by atoms with Crippen LogP contribution in [-0.2, 0) is 12.0 Å². The molecule has 0 aliphatic carbocycles. The van der Waals surface area contributed by atoms with Gasteiger partial charge in [-0.05, 0) is 19.4 Å². The standard InChI is InChI=1S/C14H17N3/c1-10-3-5-11(6-4-10)14(2)13-12(7-8-17-14)15-9-16-13/h3-6,9,17H,7-8H2,1-2H3,(H,15,16)/t14-/m1/s1. The lowest BCUT2D eigenvalue weighted by Gasteiger charge is -2.34. The van der Waals surface area contributed by atoms with Crippen LogP contribution < -0.4 is 5.32 Å². The summed E-state index contributed by atoms with van der Waals surface area (Å²) < 4.78 is 0. The molecule has 1 aromatic heterocycles. The topological polar surface area (TPSA) is 40.7 Å². The molecule has 88 valence electrons. The molecule has 0 radical (unpaired) electrons. The third-order valence-corrected chi connectivity index (χ3v) is 3.67. The summed E-state index contributed by atoms with van der Waals surface area (Å²) in [5.74, 6) is 0. The van der Waals surface area contributed by atoms with Gasteiger partial charge in [-0.1, -0.05) is 29.8 Å². The molecule has 0 saturated heterocycles. The minimum atomic E-state index is -0.165. The largest absolute Gasteiger partial charge is 0.348 e. The van der Waals surface area contributed by atoms with Crippen molar-refractivity contribution in [1.29, 1.82) is 0 Å². The minimum Gasteiger partial charge on any atom is -0.348 e. The maximum absolute atomic E-state index is 4.49. The fourth-order valence-electron chi connectivity index (χ4n) is 2.59. The minimum absolute atomic E-state index is 0.165. The SMILES string of the molecule is Cc1ccc([C@@]2(C)NCCc3[nH]cnc32)cc1. The van der Waals surface area contributed by atoms with Gasteiger partial charge in [0.2, 0.25) is 0 Å². The lowest BCUT2D eigenvalue weighted by molar-refractivity contribution is 0.403. The van der Waals surface area contributed by atoms with E-state index < -0.39 is 0 Å². The lowest BCUT2D eigenvalue weighted by atomic mass is 9.84. The van der Waals surface area contributed by atoms with Gasteiger partial charge in [0.15, 0.2) is 0 Å². The molecule has 0 saturated carbocycles. The molecule has 1 aliphatic rings. The van der Waals surface area contributed by atoms with Gasteiger partial charge in [-0.25, -0.2) is 4.98 Å². The fourth-order valence-corrected chi connectivity index (χ4v) is 2.59. The first kappa shape index (κ1) is 10.5. The Labute approximate surface area is 101 Å². The van der Waals surface area contributed by atoms with Crippen LogP contribution in [0.2, 0.25) is 0 Å². The predicted molar refractivity (Wildman–Crippen MR) is 67.9 cm³/mol. The summed E-state index contributed by atoms with van der Waals surface area (Å²) in [6.45, 7) is 5.30. The van der Waals surface area contributed by atoms with Gasteiger partial charge >= 0.3 is 0 Å². The second-order valence-electron chi connectivity index (χ2n) is 4.90. The molecule has 1 atom stereocenters. The highest BCUT2D eigenvalue weighted by atomic mass is 15.1. The summed E-state index contributed by atoms with van der Waals surface area (Å²) in [6.07, 6.45) is 2.82. The average molecular weight is 227 g/mol. The van der Waals surface area contributed by atoms with Crippen molar-refractivity contribution >= 4 is 0 Å². The van der Waals surface area contributed by atoms with Gasteiger partial charge < -0.3 is 10.3 Å². The molecular formula is C14H17N3. The Hall–Kier alpha value is -1.61. The molecule has 0 amide bonds. The molecule has 3 rings (SSSR count). The molecule has 0 bridgehead atoms. The van der Waals surface area contributed by atoms with Crippen molar-refractivity contribution in [3.8, 4) is 0 Å². The van der Waals surface area contributed by atoms with E-state index in [1.54, 1.807) is 6.33 Å². The number of aromatic amines is 1. The van der Waals surface area contributed by atoms with E-state index in [-0.39, 0.29) is 5.54 Å². The van der Waals surface area contributed by atoms with E-state index in [0.29, 0.717) is 0 Å². The highest BCUT2D eigenvalue weighted by Gasteiger charge is 2.35. The van der Waals surface area contributed by atoms with Crippen LogP contribution in [0.3, 0.4) is 0 Å². The molecule has 3 heteroatoms. The van der Waals surface area contributed by atoms with Gasteiger partial charge in [-0.3, -0.25) is 0 Å². The number of benzene rings is 1. The molecule has 2 N–H and O–H groups in total. The third-order valence-electron chi connectivity index (χ3n) is 3.67. The molecule has 2 aromatic rings. The van der Waals surface area contributed by atoms with Crippen LogP contribution in [0, 0.1) is 6.92 Å². The number of fused-ring (bicyclic) bond motifs is 1. The van der Waals surface area contributed by atoms with Crippen LogP contribution in [0.25, 0.3) is 0 Å². The van der Waals surface area contributed by atoms with Crippen molar-refractivity contribution in [2.24, 2.45) is 0 Å². The molecule has 17 heavy (non-hydrogen) atoms. The lowest BCUT2D eigenvalue weighted by Crippen LogP contribution is -2.46. The van der Waals surface area contributed by atoms with Crippen LogP contribution >= 0.6 is 0 Å². The number of aryl methyl sites for hydroxylation is 1. The summed E-state index contributed by atoms with van der Waals surface area (Å²) in [6, 6.07) is 8.69. The van der Waals surface area contributed by atoms with Gasteiger partial charge in [0.25, 0.3) is 0 Å². The van der Waals surface area contributed by atoms with E-state index in [0.717, 1.165) is 18.7 Å². The summed E-state index contributed by atoms with van der Waals surface area (Å²) in [5, 5.41) is 3.59. The summed E-state index contributed by atoms with van der Waals surface area (Å²) in [5.41, 5.74) is 4.78. The third kappa shape index (κ3) is 1.58. The van der Waals surface area contributed by atoms with Crippen molar-refractivity contribution in [3.05, 3.63) is 53.1 Å². The van der Waals surface area contributed by atoms with Gasteiger partial charge in [0.05, 0.1) is 17.6 Å². The van der Waals surface area contributed by atoms with Crippen LogP contribution in [-0.4, -0.2) is 16.5 Å². The van der Waals surface area contributed by atoms with E-state index in [1.807, 2.05) is 0 Å². The van der Waals surface area contributed by atoms with Crippen molar-refractivity contribution in [1.82, 2.24) is 15.3 Å². The van der Waals surface area contributed by atoms with Crippen molar-refractivity contribution < 1.29 is 0 Å². The predicted octanol–water partition coefficient (Wildman–Crippen LogP) is 2.13. The van der Waals surface area contributed by atoms with Crippen LogP contribution in [0.4, 0.5) is 0 Å². The number of hydrogen-bond donors (Lipinski definition) is 2. The van der Waals surface area contributed by atoms with Crippen LogP contribution in [0.15, 0.2) is 30.6 Å². The van der Waals surface area contributed by atoms with E-state index in [4.69, 9.17) is 0 Å². The highest BCUT2D eigenvalue weighted by molar-refractivity contribution is 5.39. The number of nitrogens with one attached hydrogen (secondary N) is 2. The normalized spacial score (nSPS) is 23.4. The first-order valence-corrected chi connectivity index (χ1v) is 6.05. The zero-order valence-electron chi connectivity index (χ0n) is 10.2. The molecule has 1 aliphatic heterocycles. The Balaban J connectivity index is 2.11. The average Bonchev–Trinajstić information content (AvgIpc) is 2.80. The van der Waals surface area contributed by atoms with Crippen molar-refractivity contribution in [3.63, 3.8) is 0 Å². The number of aromatic nitrogens is 2. The zero-order valence-corrected chi connectivity index (χ0v) is 10.2. The Morgan fingerprint density at radius 3 is 2.76 bits per heavy atom. The first-order valence-electron chi connectivity index (χ1n) is 6.05. The smallest absolute Gasteiger partial charge is 0.0926 e. The Bertz CT molecular complexity index is 527. The van der Waals surface area contributed by atoms with Gasteiger partial charge in [-0.2, -0.15) is 0 Å². The van der Waals surface area contributed by atoms with E-state index in [1.165, 1.54) is 16.8 Å². The molecular weight excluding hydrogens is 210 g/mol. The Kier molecular flexibility index (Phi) is 2.30. The quantitative estimate of drug-likeness (QED) is 0.783. The van der Waals surface area contributed by atoms with Crippen LogP contribution in [0.1, 0.15) is 29.4 Å². The first-order chi connectivity index (χ1) is 8.20. The fraction of sp³-hybridized carbons (Fsp3) is 0.357. The second kappa shape index (κ2) is 3.70. The summed E-state index contributed by atoms with van der Waals surface area (Å²) in [4.78, 5) is 7.73. The van der Waals surface area contributed by atoms with Gasteiger partial charge in [0, 0.05) is 18.7 Å². The van der Waals surface area contributed by atoms with E-state index >= 15 is 0 Å². The zero-order chi connectivity index (χ0) is 11.9. The summed E-state index contributed by atoms with van der Waals surface area (Å²) in [7, 11) is 0. The Morgan fingerprint density at radius 2 is 2.00 bits per heavy atom. The highest BCUT2D eigenvalue weighted by Crippen LogP contribution is 2.32. The molecule has 0 spiro atoms. The molecule has 2 heterocycles. The molecule has 0 fully saturated rings. The number of H-pyrrole nitrogens is 1. The molecule has 3 nitrogen and oxygen atoms in total. The molecule has 1 aromatic carbocycles. The van der Waals surface area contributed by atoms with E-state index in [9.17, 15) is 0 Å². The maximum Gasteiger partial charge on any atom is 0.0926 e. The summed E-state index contributed by atoms with van der Waals surface area (Å²) >= 11 is 0. The molecule has 0 unspecified atom stereocenters. The maximum atomic E-state index is 4.49. The van der Waals surface area contributed by atoms with Gasteiger partial charge in [0.1, 0.15) is 0 Å². The van der Waals surface area contributed by atoms with Gasteiger partial charge in [-0.15, -0.1) is 0 Å². The van der Waals surface area contributed by atoms with Crippen molar-refractivity contribution in [2.75, 3.05) is 6.54 Å². The monoisotopic (exact) mass is 227 g/mol. The number of nitrogens with zero attached hydrogens (tertiary/aromatic N) is 1. The van der Waals surface area contributed by atoms with Crippen LogP contribution in [0.5, 0.6) is 0 Å². The number of rotatable bonds is 1. The number of hydrogen-bond acceptors (Lipinski definition) is 2. The Morgan fingerprint density at radius 1 is 1.24 bits per heavy atom. The number of imidazole rings is 1. The van der Waals surface area contributed by atoms with E-state index in [2.05, 4.69) is 53.4 Å². The van der Waals surface area contributed by atoms with Crippen molar-refractivity contribution in [2.45, 2.75) is 25.8 Å².